The van der Waals surface area contributed by atoms with E-state index in [1.165, 1.54) is 0 Å². The second-order valence-corrected chi connectivity index (χ2v) is 4.98. The lowest BCUT2D eigenvalue weighted by Crippen LogP contribution is -2.43. The fraction of sp³-hybridized carbons (Fsp3) is 0.636. The molecule has 2 rings (SSSR count). The molecule has 0 radical (unpaired) electrons. The summed E-state index contributed by atoms with van der Waals surface area (Å²) in [7, 11) is 0. The van der Waals surface area contributed by atoms with Crippen LogP contribution in [0.25, 0.3) is 0 Å². The largest absolute Gasteiger partial charge is 0.374 e. The summed E-state index contributed by atoms with van der Waals surface area (Å²) < 4.78 is 8.15. The van der Waals surface area contributed by atoms with Crippen molar-refractivity contribution >= 4 is 15.9 Å². The molecule has 1 unspecified atom stereocenters. The minimum atomic E-state index is -0.211. The van der Waals surface area contributed by atoms with Crippen LogP contribution >= 0.6 is 15.9 Å². The summed E-state index contributed by atoms with van der Waals surface area (Å²) in [6, 6.07) is 0. The van der Waals surface area contributed by atoms with Gasteiger partial charge in [-0.05, 0) is 29.8 Å². The minimum absolute atomic E-state index is 0.0385. The standard InChI is InChI=1S/C11H16BrN3O2/c1-7-10(12)8(2)15(11(16)14-7)6-9-5-13-3-4-17-9/h9,13H,3-6H2,1-2H3. The third-order valence-electron chi connectivity index (χ3n) is 2.93. The summed E-state index contributed by atoms with van der Waals surface area (Å²) in [6.07, 6.45) is 0.0385. The van der Waals surface area contributed by atoms with Crippen molar-refractivity contribution in [2.75, 3.05) is 19.7 Å². The average Bonchev–Trinajstić information content (AvgIpc) is 2.33. The molecule has 1 aromatic heterocycles. The molecule has 1 aliphatic rings. The molecule has 1 fully saturated rings. The van der Waals surface area contributed by atoms with Crippen molar-refractivity contribution in [2.24, 2.45) is 0 Å². The predicted molar refractivity (Wildman–Crippen MR) is 68.3 cm³/mol. The summed E-state index contributed by atoms with van der Waals surface area (Å²) in [5.41, 5.74) is 1.42. The van der Waals surface area contributed by atoms with Crippen molar-refractivity contribution in [1.82, 2.24) is 14.9 Å². The summed E-state index contributed by atoms with van der Waals surface area (Å²) >= 11 is 3.45. The molecule has 1 aliphatic heterocycles. The third kappa shape index (κ3) is 2.75. The van der Waals surface area contributed by atoms with E-state index >= 15 is 0 Å². The Bertz CT molecular complexity index is 467. The highest BCUT2D eigenvalue weighted by molar-refractivity contribution is 9.10. The van der Waals surface area contributed by atoms with E-state index in [-0.39, 0.29) is 11.8 Å². The lowest BCUT2D eigenvalue weighted by atomic mass is 10.3. The van der Waals surface area contributed by atoms with Crippen molar-refractivity contribution in [3.8, 4) is 0 Å². The first-order valence-electron chi connectivity index (χ1n) is 5.65. The van der Waals surface area contributed by atoms with Crippen LogP contribution in [0.4, 0.5) is 0 Å². The van der Waals surface area contributed by atoms with Crippen LogP contribution in [0, 0.1) is 13.8 Å². The molecule has 2 heterocycles. The van der Waals surface area contributed by atoms with Gasteiger partial charge in [-0.2, -0.15) is 4.98 Å². The molecule has 0 spiro atoms. The fourth-order valence-corrected chi connectivity index (χ4v) is 2.24. The highest BCUT2D eigenvalue weighted by atomic mass is 79.9. The van der Waals surface area contributed by atoms with E-state index < -0.39 is 0 Å². The highest BCUT2D eigenvalue weighted by Gasteiger charge is 2.17. The zero-order chi connectivity index (χ0) is 12.4. The monoisotopic (exact) mass is 301 g/mol. The topological polar surface area (TPSA) is 56.2 Å². The number of rotatable bonds is 2. The van der Waals surface area contributed by atoms with Crippen LogP contribution in [0.5, 0.6) is 0 Å². The average molecular weight is 302 g/mol. The van der Waals surface area contributed by atoms with Gasteiger partial charge in [-0.15, -0.1) is 0 Å². The summed E-state index contributed by atoms with van der Waals surface area (Å²) in [5, 5.41) is 3.25. The van der Waals surface area contributed by atoms with E-state index in [4.69, 9.17) is 4.74 Å². The van der Waals surface area contributed by atoms with Crippen LogP contribution < -0.4 is 11.0 Å². The Morgan fingerprint density at radius 1 is 1.59 bits per heavy atom. The number of aromatic nitrogens is 2. The van der Waals surface area contributed by atoms with Crippen molar-refractivity contribution < 1.29 is 4.74 Å². The van der Waals surface area contributed by atoms with Gasteiger partial charge in [-0.25, -0.2) is 4.79 Å². The Morgan fingerprint density at radius 2 is 2.35 bits per heavy atom. The number of ether oxygens (including phenoxy) is 1. The number of morpholine rings is 1. The van der Waals surface area contributed by atoms with Crippen molar-refractivity contribution in [2.45, 2.75) is 26.5 Å². The van der Waals surface area contributed by atoms with Crippen LogP contribution in [0.1, 0.15) is 11.4 Å². The van der Waals surface area contributed by atoms with Gasteiger partial charge >= 0.3 is 5.69 Å². The first kappa shape index (κ1) is 12.7. The summed E-state index contributed by atoms with van der Waals surface area (Å²) in [4.78, 5) is 15.8. The predicted octanol–water partition coefficient (Wildman–Crippen LogP) is 0.611. The molecule has 1 N–H and O–H groups in total. The Labute approximate surface area is 108 Å². The number of nitrogens with zero attached hydrogens (tertiary/aromatic N) is 2. The number of hydrogen-bond donors (Lipinski definition) is 1. The molecule has 0 saturated carbocycles. The molecule has 17 heavy (non-hydrogen) atoms. The second kappa shape index (κ2) is 5.29. The summed E-state index contributed by atoms with van der Waals surface area (Å²) in [5.74, 6) is 0. The van der Waals surface area contributed by atoms with Crippen molar-refractivity contribution in [3.63, 3.8) is 0 Å². The molecule has 0 aliphatic carbocycles. The molecule has 0 amide bonds. The van der Waals surface area contributed by atoms with E-state index in [2.05, 4.69) is 26.2 Å². The van der Waals surface area contributed by atoms with E-state index in [9.17, 15) is 4.79 Å². The molecule has 5 nitrogen and oxygen atoms in total. The van der Waals surface area contributed by atoms with Crippen LogP contribution in [-0.2, 0) is 11.3 Å². The Balaban J connectivity index is 2.26. The lowest BCUT2D eigenvalue weighted by Gasteiger charge is -2.25. The number of aryl methyl sites for hydroxylation is 1. The molecule has 6 heteroatoms. The SMILES string of the molecule is Cc1nc(=O)n(CC2CNCCO2)c(C)c1Br. The maximum absolute atomic E-state index is 11.8. The molecule has 0 aromatic carbocycles. The Kier molecular flexibility index (Phi) is 3.96. The Morgan fingerprint density at radius 3 is 3.00 bits per heavy atom. The molecule has 1 aromatic rings. The van der Waals surface area contributed by atoms with Crippen molar-refractivity contribution in [3.05, 3.63) is 26.3 Å². The van der Waals surface area contributed by atoms with Crippen molar-refractivity contribution in [1.29, 1.82) is 0 Å². The maximum atomic E-state index is 11.8. The van der Waals surface area contributed by atoms with Gasteiger partial charge in [0, 0.05) is 18.8 Å². The van der Waals surface area contributed by atoms with E-state index in [0.717, 1.165) is 29.0 Å². The van der Waals surface area contributed by atoms with Gasteiger partial charge in [-0.1, -0.05) is 0 Å². The molecule has 0 bridgehead atoms. The van der Waals surface area contributed by atoms with Crippen LogP contribution in [0.3, 0.4) is 0 Å². The van der Waals surface area contributed by atoms with Gasteiger partial charge in [0.25, 0.3) is 0 Å². The smallest absolute Gasteiger partial charge is 0.348 e. The first-order valence-corrected chi connectivity index (χ1v) is 6.44. The van der Waals surface area contributed by atoms with E-state index in [1.807, 2.05) is 13.8 Å². The number of halogens is 1. The van der Waals surface area contributed by atoms with Gasteiger partial charge in [-0.3, -0.25) is 4.57 Å². The molecule has 1 saturated heterocycles. The molecular formula is C11H16BrN3O2. The maximum Gasteiger partial charge on any atom is 0.348 e. The first-order chi connectivity index (χ1) is 8.09. The minimum Gasteiger partial charge on any atom is -0.374 e. The van der Waals surface area contributed by atoms with Crippen LogP contribution in [0.15, 0.2) is 9.27 Å². The quantitative estimate of drug-likeness (QED) is 0.870. The van der Waals surface area contributed by atoms with Gasteiger partial charge in [0.05, 0.1) is 29.4 Å². The van der Waals surface area contributed by atoms with E-state index in [1.54, 1.807) is 4.57 Å². The number of hydrogen-bond acceptors (Lipinski definition) is 4. The van der Waals surface area contributed by atoms with Crippen LogP contribution in [-0.4, -0.2) is 35.4 Å². The van der Waals surface area contributed by atoms with Gasteiger partial charge < -0.3 is 10.1 Å². The van der Waals surface area contributed by atoms with Crippen LogP contribution in [0.2, 0.25) is 0 Å². The zero-order valence-electron chi connectivity index (χ0n) is 9.99. The fourth-order valence-electron chi connectivity index (χ4n) is 1.93. The highest BCUT2D eigenvalue weighted by Crippen LogP contribution is 2.17. The molecule has 1 atom stereocenters. The number of nitrogens with one attached hydrogen (secondary N) is 1. The summed E-state index contributed by atoms with van der Waals surface area (Å²) in [6.45, 7) is 6.62. The second-order valence-electron chi connectivity index (χ2n) is 4.19. The Hall–Kier alpha value is -0.720. The lowest BCUT2D eigenvalue weighted by molar-refractivity contribution is 0.0170. The zero-order valence-corrected chi connectivity index (χ0v) is 11.6. The third-order valence-corrected chi connectivity index (χ3v) is 4.07. The van der Waals surface area contributed by atoms with Gasteiger partial charge in [0.2, 0.25) is 0 Å². The molecule has 94 valence electrons. The van der Waals surface area contributed by atoms with Gasteiger partial charge in [0.1, 0.15) is 0 Å². The van der Waals surface area contributed by atoms with E-state index in [0.29, 0.717) is 13.2 Å². The normalized spacial score (nSPS) is 20.5. The van der Waals surface area contributed by atoms with Gasteiger partial charge in [0.15, 0.2) is 0 Å². The molecular weight excluding hydrogens is 286 g/mol.